The Hall–Kier alpha value is -5.65. The molecule has 0 aromatic heterocycles. The zero-order chi connectivity index (χ0) is 46.5. The average molecular weight is 911 g/mol. The largest absolute Gasteiger partial charge is 0.459 e. The van der Waals surface area contributed by atoms with Crippen molar-refractivity contribution < 1.29 is 53.6 Å². The van der Waals surface area contributed by atoms with Gasteiger partial charge < -0.3 is 49.3 Å². The van der Waals surface area contributed by atoms with Crippen molar-refractivity contribution in [3.8, 4) is 11.5 Å². The van der Waals surface area contributed by atoms with E-state index in [9.17, 15) is 35.0 Å². The van der Waals surface area contributed by atoms with Gasteiger partial charge in [0.25, 0.3) is 5.69 Å². The average Bonchev–Trinajstić information content (AvgIpc) is 4.18. The number of nitrogens with one attached hydrogen (secondary N) is 1. The van der Waals surface area contributed by atoms with Crippen LogP contribution in [0.3, 0.4) is 0 Å². The molecule has 354 valence electrons. The molecule has 66 heavy (non-hydrogen) atoms. The maximum atomic E-state index is 14.6. The number of aliphatic hydroxyl groups excluding tert-OH is 3. The molecule has 16 heteroatoms. The van der Waals surface area contributed by atoms with Crippen molar-refractivity contribution in [2.75, 3.05) is 46.2 Å². The van der Waals surface area contributed by atoms with Gasteiger partial charge in [0.1, 0.15) is 24.1 Å². The van der Waals surface area contributed by atoms with Crippen LogP contribution in [0.15, 0.2) is 102 Å². The van der Waals surface area contributed by atoms with E-state index < -0.39 is 28.8 Å². The van der Waals surface area contributed by atoms with Gasteiger partial charge in [-0.3, -0.25) is 14.9 Å². The van der Waals surface area contributed by atoms with Crippen molar-refractivity contribution in [2.24, 2.45) is 28.8 Å². The lowest BCUT2D eigenvalue weighted by molar-refractivity contribution is -0.384. The number of unbranched alkanes of at least 4 members (excludes halogenated alkanes) is 2. The van der Waals surface area contributed by atoms with Crippen molar-refractivity contribution in [1.82, 2.24) is 10.2 Å². The van der Waals surface area contributed by atoms with Gasteiger partial charge in [-0.05, 0) is 97.4 Å². The van der Waals surface area contributed by atoms with Gasteiger partial charge in [0, 0.05) is 62.3 Å². The number of nitro benzene ring substituents is 1. The lowest BCUT2D eigenvalue weighted by Crippen LogP contribution is -2.70. The van der Waals surface area contributed by atoms with Gasteiger partial charge in [0.2, 0.25) is 11.7 Å². The number of ether oxygens (including phenoxy) is 4. The number of non-ortho nitro benzene ring substituents is 1. The molecule has 0 spiro atoms. The number of allylic oxidation sites excluding steroid dienone is 1. The summed E-state index contributed by atoms with van der Waals surface area (Å²) in [6, 6.07) is 20.2. The Balaban J connectivity index is 1.37. The Morgan fingerprint density at radius 2 is 1.71 bits per heavy atom. The Kier molecular flexibility index (Phi) is 17.0. The fraction of sp³-hybridized carbons (Fsp3) is 0.500. The molecule has 6 atom stereocenters. The van der Waals surface area contributed by atoms with Crippen molar-refractivity contribution in [2.45, 2.75) is 88.7 Å². The third kappa shape index (κ3) is 11.5. The fourth-order valence-corrected chi connectivity index (χ4v) is 9.84. The van der Waals surface area contributed by atoms with Crippen molar-refractivity contribution in [3.05, 3.63) is 124 Å². The second kappa shape index (κ2) is 23.2. The number of benzene rings is 3. The number of amides is 2. The molecule has 0 unspecified atom stereocenters. The minimum Gasteiger partial charge on any atom is -0.459 e. The smallest absolute Gasteiger partial charge is 0.412 e. The molecule has 16 nitrogen and oxygen atoms in total. The topological polar surface area (TPSA) is 212 Å². The summed E-state index contributed by atoms with van der Waals surface area (Å²) in [5.74, 6) is -2.02. The Morgan fingerprint density at radius 1 is 0.955 bits per heavy atom. The molecule has 2 saturated carbocycles. The molecular formula is C50H62N4O12. The van der Waals surface area contributed by atoms with Crippen LogP contribution in [-0.2, 0) is 32.3 Å². The number of carbonyl (C=O) groups excluding carboxylic acids is 2. The second-order valence-electron chi connectivity index (χ2n) is 17.3. The number of nitro groups is 1. The molecular weight excluding hydrogens is 849 g/mol. The van der Waals surface area contributed by atoms with E-state index >= 15 is 0 Å². The summed E-state index contributed by atoms with van der Waals surface area (Å²) in [4.78, 5) is 46.8. The first-order chi connectivity index (χ1) is 32.2. The van der Waals surface area contributed by atoms with Gasteiger partial charge in [-0.25, -0.2) is 4.79 Å². The number of rotatable bonds is 25. The molecule has 1 aliphatic heterocycles. The van der Waals surface area contributed by atoms with Crippen molar-refractivity contribution in [3.63, 3.8) is 0 Å². The highest BCUT2D eigenvalue weighted by molar-refractivity contribution is 6.03. The number of aliphatic hydroxyl groups is 3. The van der Waals surface area contributed by atoms with Crippen LogP contribution < -0.4 is 14.8 Å². The summed E-state index contributed by atoms with van der Waals surface area (Å²) in [6.07, 6.45) is 9.02. The summed E-state index contributed by atoms with van der Waals surface area (Å²) in [5.41, 5.74) is 3.74. The number of hydrogen-bond acceptors (Lipinski definition) is 13. The zero-order valence-electron chi connectivity index (χ0n) is 37.3. The highest BCUT2D eigenvalue weighted by Gasteiger charge is 2.66. The molecule has 2 fully saturated rings. The van der Waals surface area contributed by atoms with Crippen molar-refractivity contribution in [1.29, 1.82) is 0 Å². The number of oxime groups is 1. The first-order valence-corrected chi connectivity index (χ1v) is 23.1. The predicted octanol–water partition coefficient (Wildman–Crippen LogP) is 6.96. The van der Waals surface area contributed by atoms with Gasteiger partial charge in [-0.2, -0.15) is 0 Å². The zero-order valence-corrected chi connectivity index (χ0v) is 37.3. The van der Waals surface area contributed by atoms with Gasteiger partial charge in [-0.1, -0.05) is 60.5 Å². The molecule has 7 rings (SSSR count). The highest BCUT2D eigenvalue weighted by atomic mass is 16.7. The predicted molar refractivity (Wildman–Crippen MR) is 244 cm³/mol. The van der Waals surface area contributed by atoms with Crippen LogP contribution in [0.5, 0.6) is 11.5 Å². The Bertz CT molecular complexity index is 2180. The molecule has 0 radical (unpaired) electrons. The number of carbonyl (C=O) groups is 2. The van der Waals surface area contributed by atoms with Crippen LogP contribution in [0.4, 0.5) is 10.5 Å². The number of fused-ring (bicyclic) bond motifs is 2. The quantitative estimate of drug-likeness (QED) is 0.0294. The van der Waals surface area contributed by atoms with Gasteiger partial charge in [0.15, 0.2) is 0 Å². The van der Waals surface area contributed by atoms with E-state index in [2.05, 4.69) is 18.0 Å². The van der Waals surface area contributed by atoms with Crippen molar-refractivity contribution >= 4 is 23.4 Å². The van der Waals surface area contributed by atoms with Crippen LogP contribution in [-0.4, -0.2) is 101 Å². The van der Waals surface area contributed by atoms with Crippen LogP contribution in [0.2, 0.25) is 0 Å². The summed E-state index contributed by atoms with van der Waals surface area (Å²) in [5, 5.41) is 48.5. The summed E-state index contributed by atoms with van der Waals surface area (Å²) >= 11 is 0. The number of hydrogen-bond donors (Lipinski definition) is 4. The normalized spacial score (nSPS) is 23.4. The van der Waals surface area contributed by atoms with Gasteiger partial charge in [0.05, 0.1) is 43.0 Å². The van der Waals surface area contributed by atoms with E-state index in [1.165, 1.54) is 12.1 Å². The maximum absolute atomic E-state index is 14.6. The van der Waals surface area contributed by atoms with E-state index in [-0.39, 0.29) is 101 Å². The lowest BCUT2D eigenvalue weighted by Gasteiger charge is -2.60. The SMILES string of the molecule is C=CCO[C@@]12Oc3ccc(OC(=O)NCc4ccccc4)cc3[C@H]3[C@H](CCCCO)[C@@H](CCCCO)C=C(C(=NOCc4ccc([N+](=O)[O-])cc4)C[C@@H]1N(CCOCCO)C(=O)C1CC1)[C@H]32. The fourth-order valence-electron chi connectivity index (χ4n) is 9.84. The van der Waals surface area contributed by atoms with E-state index in [0.717, 1.165) is 48.8 Å². The first-order valence-electron chi connectivity index (χ1n) is 23.1. The molecule has 3 aliphatic carbocycles. The van der Waals surface area contributed by atoms with Crippen LogP contribution in [0.1, 0.15) is 80.4 Å². The van der Waals surface area contributed by atoms with E-state index in [4.69, 9.17) is 28.9 Å². The first kappa shape index (κ1) is 48.3. The Labute approximate surface area is 385 Å². The molecule has 4 N–H and O–H groups in total. The van der Waals surface area contributed by atoms with Gasteiger partial charge in [-0.15, -0.1) is 6.58 Å². The Morgan fingerprint density at radius 3 is 2.41 bits per heavy atom. The minimum absolute atomic E-state index is 0.0153. The lowest BCUT2D eigenvalue weighted by atomic mass is 9.55. The molecule has 0 bridgehead atoms. The second-order valence-corrected chi connectivity index (χ2v) is 17.3. The maximum Gasteiger partial charge on any atom is 0.412 e. The van der Waals surface area contributed by atoms with E-state index in [1.807, 2.05) is 36.4 Å². The summed E-state index contributed by atoms with van der Waals surface area (Å²) in [7, 11) is 0. The summed E-state index contributed by atoms with van der Waals surface area (Å²) in [6.45, 7) is 4.69. The van der Waals surface area contributed by atoms with E-state index in [1.54, 1.807) is 35.2 Å². The third-order valence-electron chi connectivity index (χ3n) is 13.0. The molecule has 0 saturated heterocycles. The molecule has 3 aromatic rings. The minimum atomic E-state index is -1.50. The van der Waals surface area contributed by atoms with Crippen LogP contribution in [0.25, 0.3) is 0 Å². The third-order valence-corrected chi connectivity index (χ3v) is 13.0. The monoisotopic (exact) mass is 910 g/mol. The molecule has 2 amide bonds. The summed E-state index contributed by atoms with van der Waals surface area (Å²) < 4.78 is 26.1. The highest BCUT2D eigenvalue weighted by Crippen LogP contribution is 2.62. The van der Waals surface area contributed by atoms with Crippen LogP contribution >= 0.6 is 0 Å². The number of nitrogens with zero attached hydrogens (tertiary/aromatic N) is 3. The molecule has 3 aromatic carbocycles. The standard InChI is InChI=1S/C50H62N4O12/c1-2-26-63-50-45(53(22-27-62-28-25-57)48(58)36-16-17-36)31-43(52-64-33-35-14-18-38(19-15-35)54(60)61)41-29-37(12-6-8-23-55)40(13-7-9-24-56)46(47(41)50)42-30-39(20-21-44(42)66-50)65-49(59)51-32-34-10-4-3-5-11-34/h2-5,10-11,14-15,18-21,29-30,36-37,40,45-47,55-57H,1,6-9,12-13,16-17,22-28,31-33H2,(H,51,59)/t37-,40+,45-,46+,47+,50+/m0/s1. The van der Waals surface area contributed by atoms with E-state index in [0.29, 0.717) is 42.0 Å². The van der Waals surface area contributed by atoms with Crippen LogP contribution in [0, 0.1) is 33.8 Å². The van der Waals surface area contributed by atoms with Gasteiger partial charge >= 0.3 is 6.09 Å². The molecule has 4 aliphatic rings. The molecule has 1 heterocycles.